The number of hydrogen-bond donors (Lipinski definition) is 3. The van der Waals surface area contributed by atoms with E-state index in [1.54, 1.807) is 36.5 Å². The normalized spacial score (nSPS) is 13.9. The van der Waals surface area contributed by atoms with E-state index < -0.39 is 28.9 Å². The van der Waals surface area contributed by atoms with Crippen molar-refractivity contribution in [2.75, 3.05) is 10.6 Å². The van der Waals surface area contributed by atoms with Crippen molar-refractivity contribution in [1.29, 1.82) is 0 Å². The number of fused-ring (bicyclic) bond motifs is 1. The summed E-state index contributed by atoms with van der Waals surface area (Å²) < 4.78 is 41.5. The summed E-state index contributed by atoms with van der Waals surface area (Å²) in [4.78, 5) is 41.4. The molecule has 0 saturated carbocycles. The van der Waals surface area contributed by atoms with Gasteiger partial charge in [-0.05, 0) is 60.7 Å². The molecule has 5 rings (SSSR count). The zero-order valence-corrected chi connectivity index (χ0v) is 19.4. The number of hydrogen-bond acceptors (Lipinski definition) is 3. The average Bonchev–Trinajstić information content (AvgIpc) is 3.46. The molecule has 0 unspecified atom stereocenters. The molecule has 0 saturated heterocycles. The molecule has 2 aromatic carbocycles. The molecule has 11 heteroatoms. The fraction of sp³-hybridized carbons (Fsp3) is 0.0385. The Bertz CT molecular complexity index is 1640. The fourth-order valence-electron chi connectivity index (χ4n) is 4.01. The minimum Gasteiger partial charge on any atom is -0.362 e. The zero-order valence-electron chi connectivity index (χ0n) is 18.7. The molecule has 0 fully saturated rings. The lowest BCUT2D eigenvalue weighted by Crippen LogP contribution is -2.29. The fourth-order valence-corrected chi connectivity index (χ4v) is 4.18. The first kappa shape index (κ1) is 24.1. The van der Waals surface area contributed by atoms with Gasteiger partial charge in [0.25, 0.3) is 17.4 Å². The minimum atomic E-state index is -4.78. The van der Waals surface area contributed by atoms with Crippen LogP contribution in [0, 0.1) is 0 Å². The molecule has 0 aliphatic carbocycles. The molecule has 2 amide bonds. The van der Waals surface area contributed by atoms with Gasteiger partial charge in [-0.2, -0.15) is 13.2 Å². The number of carbonyl (C=O) groups is 2. The third kappa shape index (κ3) is 4.66. The van der Waals surface area contributed by atoms with Gasteiger partial charge in [0.15, 0.2) is 0 Å². The molecule has 37 heavy (non-hydrogen) atoms. The van der Waals surface area contributed by atoms with Gasteiger partial charge in [-0.3, -0.25) is 19.0 Å². The van der Waals surface area contributed by atoms with E-state index in [1.807, 2.05) is 0 Å². The van der Waals surface area contributed by atoms with Crippen molar-refractivity contribution in [2.45, 2.75) is 6.18 Å². The molecule has 4 aromatic rings. The molecule has 1 aliphatic heterocycles. The topological polar surface area (TPSA) is 96.0 Å². The van der Waals surface area contributed by atoms with Crippen molar-refractivity contribution in [3.05, 3.63) is 111 Å². The van der Waals surface area contributed by atoms with Crippen LogP contribution in [0.2, 0.25) is 5.02 Å². The monoisotopic (exact) mass is 524 g/mol. The van der Waals surface area contributed by atoms with Crippen LogP contribution in [0.4, 0.5) is 24.5 Å². The van der Waals surface area contributed by atoms with Crippen LogP contribution in [0.5, 0.6) is 0 Å². The predicted molar refractivity (Wildman–Crippen MR) is 134 cm³/mol. The van der Waals surface area contributed by atoms with E-state index in [-0.39, 0.29) is 22.2 Å². The Kier molecular flexibility index (Phi) is 5.96. The lowest BCUT2D eigenvalue weighted by atomic mass is 10.1. The summed E-state index contributed by atoms with van der Waals surface area (Å²) in [5.74, 6) is -1.14. The highest BCUT2D eigenvalue weighted by Gasteiger charge is 2.35. The van der Waals surface area contributed by atoms with Crippen LogP contribution in [0.3, 0.4) is 0 Å². The minimum absolute atomic E-state index is 0.146. The van der Waals surface area contributed by atoms with Gasteiger partial charge in [-0.25, -0.2) is 0 Å². The number of pyridine rings is 1. The van der Waals surface area contributed by atoms with Gasteiger partial charge in [0.2, 0.25) is 0 Å². The number of anilines is 2. The summed E-state index contributed by atoms with van der Waals surface area (Å²) in [5, 5.41) is 5.14. The van der Waals surface area contributed by atoms with E-state index in [2.05, 4.69) is 15.6 Å². The zero-order chi connectivity index (χ0) is 26.3. The molecule has 3 heterocycles. The molecule has 2 aromatic heterocycles. The third-order valence-corrected chi connectivity index (χ3v) is 5.93. The number of nitrogens with zero attached hydrogens (tertiary/aromatic N) is 1. The van der Waals surface area contributed by atoms with Crippen LogP contribution in [-0.4, -0.2) is 21.4 Å². The first-order chi connectivity index (χ1) is 17.6. The first-order valence-electron chi connectivity index (χ1n) is 10.8. The standard InChI is InChI=1S/C26H16ClF3N4O3/c27-14-5-8-22(20(11-14)26(28,29)30)34-10-2-4-18(25(34)37)23(35)32-16-6-7-17-19(12-15-3-1-9-31-15)24(36)33-21(17)13-16/h1-13,31H,(H,32,35)(H,33,36). The quantitative estimate of drug-likeness (QED) is 0.304. The van der Waals surface area contributed by atoms with Crippen molar-refractivity contribution in [3.8, 4) is 5.69 Å². The summed E-state index contributed by atoms with van der Waals surface area (Å²) in [7, 11) is 0. The largest absolute Gasteiger partial charge is 0.418 e. The number of aromatic nitrogens is 2. The maximum absolute atomic E-state index is 13.6. The Balaban J connectivity index is 1.45. The van der Waals surface area contributed by atoms with Crippen molar-refractivity contribution in [1.82, 2.24) is 9.55 Å². The van der Waals surface area contributed by atoms with Crippen molar-refractivity contribution in [3.63, 3.8) is 0 Å². The molecule has 7 nitrogen and oxygen atoms in total. The number of carbonyl (C=O) groups excluding carboxylic acids is 2. The number of rotatable bonds is 4. The van der Waals surface area contributed by atoms with Crippen LogP contribution in [-0.2, 0) is 11.0 Å². The van der Waals surface area contributed by atoms with Gasteiger partial charge >= 0.3 is 6.18 Å². The maximum atomic E-state index is 13.6. The van der Waals surface area contributed by atoms with Crippen molar-refractivity contribution < 1.29 is 22.8 Å². The van der Waals surface area contributed by atoms with Crippen LogP contribution < -0.4 is 16.2 Å². The number of aromatic amines is 1. The highest BCUT2D eigenvalue weighted by molar-refractivity contribution is 6.35. The third-order valence-electron chi connectivity index (χ3n) is 5.70. The summed E-state index contributed by atoms with van der Waals surface area (Å²) >= 11 is 5.73. The highest BCUT2D eigenvalue weighted by atomic mass is 35.5. The number of benzene rings is 2. The van der Waals surface area contributed by atoms with Gasteiger partial charge in [-0.1, -0.05) is 17.7 Å². The molecule has 0 atom stereocenters. The van der Waals surface area contributed by atoms with Gasteiger partial charge in [0, 0.05) is 34.4 Å². The molecule has 0 radical (unpaired) electrons. The molecular weight excluding hydrogens is 509 g/mol. The summed E-state index contributed by atoms with van der Waals surface area (Å²) in [6.45, 7) is 0. The molecule has 0 bridgehead atoms. The molecule has 186 valence electrons. The van der Waals surface area contributed by atoms with Crippen molar-refractivity contribution >= 4 is 46.4 Å². The molecule has 0 spiro atoms. The Morgan fingerprint density at radius 3 is 2.57 bits per heavy atom. The van der Waals surface area contributed by atoms with E-state index in [9.17, 15) is 27.6 Å². The lowest BCUT2D eigenvalue weighted by molar-refractivity contribution is -0.137. The number of alkyl halides is 3. The van der Waals surface area contributed by atoms with E-state index in [1.165, 1.54) is 24.3 Å². The Morgan fingerprint density at radius 1 is 1.03 bits per heavy atom. The number of nitrogens with one attached hydrogen (secondary N) is 3. The number of H-pyrrole nitrogens is 1. The summed E-state index contributed by atoms with van der Waals surface area (Å²) in [6.07, 6.45) is -0.216. The maximum Gasteiger partial charge on any atom is 0.418 e. The van der Waals surface area contributed by atoms with Crippen LogP contribution in [0.25, 0.3) is 17.3 Å². The van der Waals surface area contributed by atoms with Crippen LogP contribution in [0.1, 0.15) is 27.2 Å². The summed E-state index contributed by atoms with van der Waals surface area (Å²) in [6, 6.07) is 13.9. The second-order valence-corrected chi connectivity index (χ2v) is 8.54. The molecular formula is C26H16ClF3N4O3. The second-order valence-electron chi connectivity index (χ2n) is 8.11. The molecule has 3 N–H and O–H groups in total. The van der Waals surface area contributed by atoms with Crippen LogP contribution >= 0.6 is 11.6 Å². The Labute approximate surface area is 212 Å². The van der Waals surface area contributed by atoms with E-state index in [0.717, 1.165) is 22.5 Å². The Morgan fingerprint density at radius 2 is 1.84 bits per heavy atom. The highest BCUT2D eigenvalue weighted by Crippen LogP contribution is 2.36. The number of amides is 2. The second kappa shape index (κ2) is 9.14. The van der Waals surface area contributed by atoms with Gasteiger partial charge < -0.3 is 15.6 Å². The van der Waals surface area contributed by atoms with Gasteiger partial charge in [-0.15, -0.1) is 0 Å². The van der Waals surface area contributed by atoms with E-state index in [4.69, 9.17) is 11.6 Å². The molecule has 1 aliphatic rings. The number of halogens is 4. The van der Waals surface area contributed by atoms with E-state index >= 15 is 0 Å². The van der Waals surface area contributed by atoms with Crippen molar-refractivity contribution in [2.24, 2.45) is 0 Å². The first-order valence-corrected chi connectivity index (χ1v) is 11.2. The van der Waals surface area contributed by atoms with Crippen LogP contribution in [0.15, 0.2) is 77.9 Å². The smallest absolute Gasteiger partial charge is 0.362 e. The van der Waals surface area contributed by atoms with Gasteiger partial charge in [0.1, 0.15) is 5.56 Å². The van der Waals surface area contributed by atoms with E-state index in [0.29, 0.717) is 22.9 Å². The van der Waals surface area contributed by atoms with Gasteiger partial charge in [0.05, 0.1) is 22.5 Å². The lowest BCUT2D eigenvalue weighted by Gasteiger charge is -2.15. The Hall–Kier alpha value is -4.57. The average molecular weight is 525 g/mol. The summed E-state index contributed by atoms with van der Waals surface area (Å²) in [5.41, 5.74) is -0.349. The SMILES string of the molecule is O=C1Nc2cc(NC(=O)c3cccn(-c4ccc(Cl)cc4C(F)(F)F)c3=O)ccc2C1=Cc1ccc[nH]1. The predicted octanol–water partition coefficient (Wildman–Crippen LogP) is 5.58.